The number of methoxy groups -OCH3 is 2. The number of carbonyl (C=O) groups excluding carboxylic acids is 1. The van der Waals surface area contributed by atoms with Crippen LogP contribution in [-0.4, -0.2) is 50.4 Å². The van der Waals surface area contributed by atoms with E-state index in [-0.39, 0.29) is 12.1 Å². The van der Waals surface area contributed by atoms with Crippen molar-refractivity contribution in [2.45, 2.75) is 31.4 Å². The maximum atomic E-state index is 11.7. The SMILES string of the molecule is COc1cc2c(cc1OC)[C@@H]1C[C@]3(CNC(=O)O3)[C@@H](C)CN1CC2. The van der Waals surface area contributed by atoms with Gasteiger partial charge in [-0.05, 0) is 29.7 Å². The molecule has 0 aromatic heterocycles. The second-order valence-corrected chi connectivity index (χ2v) is 7.08. The Hall–Kier alpha value is -1.95. The van der Waals surface area contributed by atoms with E-state index in [1.807, 2.05) is 0 Å². The van der Waals surface area contributed by atoms with Crippen LogP contribution in [0.15, 0.2) is 12.1 Å². The summed E-state index contributed by atoms with van der Waals surface area (Å²) in [7, 11) is 3.33. The standard InChI is InChI=1S/C18H24N2O4/c1-11-9-20-5-4-12-6-15(22-2)16(23-3)7-13(12)14(20)8-18(11)10-19-17(21)24-18/h6-7,11,14H,4-5,8-10H2,1-3H3,(H,19,21)/t11-,14-,18-/m0/s1. The van der Waals surface area contributed by atoms with Crippen LogP contribution in [0.25, 0.3) is 0 Å². The van der Waals surface area contributed by atoms with Gasteiger partial charge in [-0.25, -0.2) is 4.79 Å². The van der Waals surface area contributed by atoms with E-state index in [0.29, 0.717) is 12.5 Å². The Balaban J connectivity index is 1.72. The Morgan fingerprint density at radius 1 is 1.29 bits per heavy atom. The summed E-state index contributed by atoms with van der Waals surface area (Å²) in [5, 5.41) is 2.85. The van der Waals surface area contributed by atoms with Crippen molar-refractivity contribution in [1.29, 1.82) is 0 Å². The number of carbonyl (C=O) groups is 1. The predicted molar refractivity (Wildman–Crippen MR) is 88.6 cm³/mol. The molecule has 130 valence electrons. The monoisotopic (exact) mass is 332 g/mol. The van der Waals surface area contributed by atoms with Gasteiger partial charge in [0.05, 0.1) is 20.8 Å². The highest BCUT2D eigenvalue weighted by Gasteiger charge is 2.52. The fourth-order valence-corrected chi connectivity index (χ4v) is 4.45. The Morgan fingerprint density at radius 2 is 2.04 bits per heavy atom. The van der Waals surface area contributed by atoms with Gasteiger partial charge in [-0.2, -0.15) is 0 Å². The molecular weight excluding hydrogens is 308 g/mol. The van der Waals surface area contributed by atoms with Crippen LogP contribution in [0.5, 0.6) is 11.5 Å². The zero-order chi connectivity index (χ0) is 16.9. The van der Waals surface area contributed by atoms with Crippen LogP contribution in [0.1, 0.15) is 30.5 Å². The molecule has 0 radical (unpaired) electrons. The first-order valence-corrected chi connectivity index (χ1v) is 8.52. The molecule has 1 aromatic rings. The topological polar surface area (TPSA) is 60.0 Å². The van der Waals surface area contributed by atoms with Gasteiger partial charge in [-0.15, -0.1) is 0 Å². The molecule has 1 spiro atoms. The summed E-state index contributed by atoms with van der Waals surface area (Å²) in [4.78, 5) is 14.2. The van der Waals surface area contributed by atoms with E-state index in [0.717, 1.165) is 37.4 Å². The molecule has 0 saturated carbocycles. The van der Waals surface area contributed by atoms with Crippen molar-refractivity contribution < 1.29 is 19.0 Å². The summed E-state index contributed by atoms with van der Waals surface area (Å²) in [6.07, 6.45) is 1.53. The number of fused-ring (bicyclic) bond motifs is 3. The molecular formula is C18H24N2O4. The minimum atomic E-state index is -0.403. The Morgan fingerprint density at radius 3 is 2.71 bits per heavy atom. The van der Waals surface area contributed by atoms with E-state index < -0.39 is 5.60 Å². The zero-order valence-electron chi connectivity index (χ0n) is 14.4. The third kappa shape index (κ3) is 2.24. The van der Waals surface area contributed by atoms with Gasteiger partial charge in [0.25, 0.3) is 0 Å². The summed E-state index contributed by atoms with van der Waals surface area (Å²) < 4.78 is 16.7. The van der Waals surface area contributed by atoms with E-state index in [1.165, 1.54) is 11.1 Å². The first kappa shape index (κ1) is 15.6. The molecule has 3 aliphatic heterocycles. The summed E-state index contributed by atoms with van der Waals surface area (Å²) in [6.45, 7) is 4.74. The molecule has 0 aliphatic carbocycles. The largest absolute Gasteiger partial charge is 0.493 e. The maximum Gasteiger partial charge on any atom is 0.407 e. The van der Waals surface area contributed by atoms with E-state index in [2.05, 4.69) is 29.3 Å². The fourth-order valence-electron chi connectivity index (χ4n) is 4.45. The molecule has 2 fully saturated rings. The molecule has 1 amide bonds. The normalized spacial score (nSPS) is 31.9. The van der Waals surface area contributed by atoms with Gasteiger partial charge in [0.15, 0.2) is 11.5 Å². The van der Waals surface area contributed by atoms with Crippen LogP contribution in [0, 0.1) is 5.92 Å². The molecule has 6 nitrogen and oxygen atoms in total. The molecule has 0 bridgehead atoms. The third-order valence-corrected chi connectivity index (χ3v) is 5.89. The lowest BCUT2D eigenvalue weighted by molar-refractivity contribution is -0.0692. The predicted octanol–water partition coefficient (Wildman–Crippen LogP) is 2.12. The number of rotatable bonds is 2. The second kappa shape index (κ2) is 5.55. The van der Waals surface area contributed by atoms with E-state index >= 15 is 0 Å². The van der Waals surface area contributed by atoms with Crippen molar-refractivity contribution in [3.63, 3.8) is 0 Å². The first-order chi connectivity index (χ1) is 11.6. The molecule has 0 unspecified atom stereocenters. The van der Waals surface area contributed by atoms with Crippen molar-refractivity contribution in [2.24, 2.45) is 5.92 Å². The smallest absolute Gasteiger partial charge is 0.407 e. The Labute approximate surface area is 142 Å². The first-order valence-electron chi connectivity index (χ1n) is 8.52. The molecule has 1 N–H and O–H groups in total. The summed E-state index contributed by atoms with van der Waals surface area (Å²) in [5.41, 5.74) is 2.17. The lowest BCUT2D eigenvalue weighted by atomic mass is 9.74. The van der Waals surface area contributed by atoms with E-state index in [1.54, 1.807) is 14.2 Å². The van der Waals surface area contributed by atoms with Crippen molar-refractivity contribution in [3.8, 4) is 11.5 Å². The summed E-state index contributed by atoms with van der Waals surface area (Å²) >= 11 is 0. The van der Waals surface area contributed by atoms with Crippen LogP contribution < -0.4 is 14.8 Å². The minimum absolute atomic E-state index is 0.248. The molecule has 2 saturated heterocycles. The molecule has 4 rings (SSSR count). The van der Waals surface area contributed by atoms with Crippen molar-refractivity contribution in [1.82, 2.24) is 10.2 Å². The highest BCUT2D eigenvalue weighted by Crippen LogP contribution is 2.47. The minimum Gasteiger partial charge on any atom is -0.493 e. The van der Waals surface area contributed by atoms with Crippen LogP contribution in [0.4, 0.5) is 4.79 Å². The molecule has 24 heavy (non-hydrogen) atoms. The summed E-state index contributed by atoms with van der Waals surface area (Å²) in [5.74, 6) is 1.85. The van der Waals surface area contributed by atoms with E-state index in [9.17, 15) is 4.79 Å². The zero-order valence-corrected chi connectivity index (χ0v) is 14.4. The molecule has 3 aliphatic rings. The third-order valence-electron chi connectivity index (χ3n) is 5.89. The Kier molecular flexibility index (Phi) is 3.60. The second-order valence-electron chi connectivity index (χ2n) is 7.08. The Bertz CT molecular complexity index is 677. The molecule has 3 heterocycles. The molecule has 1 aromatic carbocycles. The number of nitrogens with zero attached hydrogens (tertiary/aromatic N) is 1. The number of piperidine rings is 1. The lowest BCUT2D eigenvalue weighted by Crippen LogP contribution is -2.55. The number of amides is 1. The van der Waals surface area contributed by atoms with Crippen molar-refractivity contribution >= 4 is 6.09 Å². The number of alkyl carbamates (subject to hydrolysis) is 1. The number of hydrogen-bond donors (Lipinski definition) is 1. The number of hydrogen-bond acceptors (Lipinski definition) is 5. The van der Waals surface area contributed by atoms with Gasteiger partial charge >= 0.3 is 6.09 Å². The van der Waals surface area contributed by atoms with Crippen molar-refractivity contribution in [3.05, 3.63) is 23.3 Å². The molecule has 6 heteroatoms. The fraction of sp³-hybridized carbons (Fsp3) is 0.611. The van der Waals surface area contributed by atoms with E-state index in [4.69, 9.17) is 14.2 Å². The van der Waals surface area contributed by atoms with Crippen molar-refractivity contribution in [2.75, 3.05) is 33.9 Å². The van der Waals surface area contributed by atoms with Crippen LogP contribution in [-0.2, 0) is 11.2 Å². The number of ether oxygens (including phenoxy) is 3. The average molecular weight is 332 g/mol. The van der Waals surface area contributed by atoms with Crippen LogP contribution in [0.3, 0.4) is 0 Å². The number of benzene rings is 1. The highest BCUT2D eigenvalue weighted by atomic mass is 16.6. The lowest BCUT2D eigenvalue weighted by Gasteiger charge is -2.49. The van der Waals surface area contributed by atoms with Gasteiger partial charge in [-0.3, -0.25) is 4.90 Å². The average Bonchev–Trinajstić information content (AvgIpc) is 2.96. The highest BCUT2D eigenvalue weighted by molar-refractivity contribution is 5.70. The van der Waals surface area contributed by atoms with Gasteiger partial charge in [0.1, 0.15) is 5.60 Å². The van der Waals surface area contributed by atoms with Crippen LogP contribution >= 0.6 is 0 Å². The van der Waals surface area contributed by atoms with Gasteiger partial charge in [0.2, 0.25) is 0 Å². The van der Waals surface area contributed by atoms with Gasteiger partial charge in [-0.1, -0.05) is 6.92 Å². The van der Waals surface area contributed by atoms with Gasteiger partial charge < -0.3 is 19.5 Å². The molecule has 3 atom stereocenters. The van der Waals surface area contributed by atoms with Gasteiger partial charge in [0, 0.05) is 31.5 Å². The summed E-state index contributed by atoms with van der Waals surface area (Å²) in [6, 6.07) is 4.44. The number of nitrogens with one attached hydrogen (secondary N) is 1. The quantitative estimate of drug-likeness (QED) is 0.899. The van der Waals surface area contributed by atoms with Crippen LogP contribution in [0.2, 0.25) is 0 Å². The maximum absolute atomic E-state index is 11.7.